The number of anilines is 1. The van der Waals surface area contributed by atoms with Crippen LogP contribution in [0.1, 0.15) is 18.9 Å². The minimum absolute atomic E-state index is 0.289. The standard InChI is InChI=1S/C13H17BrClNO/c1-10-9-16(5-2-6-17-10)13-4-3-11(8-15)7-12(13)14/h3-4,7,10H,2,5-6,8-9H2,1H3. The molecule has 1 fully saturated rings. The van der Waals surface area contributed by atoms with E-state index in [0.717, 1.165) is 36.2 Å². The number of hydrogen-bond donors (Lipinski definition) is 0. The molecule has 1 heterocycles. The molecule has 2 rings (SSSR count). The van der Waals surface area contributed by atoms with Crippen LogP contribution in [0, 0.1) is 0 Å². The van der Waals surface area contributed by atoms with E-state index in [4.69, 9.17) is 16.3 Å². The summed E-state index contributed by atoms with van der Waals surface area (Å²) in [5.41, 5.74) is 2.37. The smallest absolute Gasteiger partial charge is 0.0721 e. The Morgan fingerprint density at radius 3 is 3.06 bits per heavy atom. The summed E-state index contributed by atoms with van der Waals surface area (Å²) in [7, 11) is 0. The molecule has 1 saturated heterocycles. The van der Waals surface area contributed by atoms with E-state index in [9.17, 15) is 0 Å². The Balaban J connectivity index is 2.20. The van der Waals surface area contributed by atoms with Crippen molar-refractivity contribution in [1.82, 2.24) is 0 Å². The normalized spacial score (nSPS) is 21.4. The summed E-state index contributed by atoms with van der Waals surface area (Å²) in [5.74, 6) is 0.554. The monoisotopic (exact) mass is 317 g/mol. The molecular weight excluding hydrogens is 302 g/mol. The molecule has 0 saturated carbocycles. The second kappa shape index (κ2) is 6.07. The number of hydrogen-bond acceptors (Lipinski definition) is 2. The Bertz CT molecular complexity index is 386. The van der Waals surface area contributed by atoms with E-state index >= 15 is 0 Å². The maximum Gasteiger partial charge on any atom is 0.0721 e. The first-order chi connectivity index (χ1) is 8.20. The van der Waals surface area contributed by atoms with Crippen molar-refractivity contribution >= 4 is 33.2 Å². The summed E-state index contributed by atoms with van der Waals surface area (Å²) in [5, 5.41) is 0. The summed E-state index contributed by atoms with van der Waals surface area (Å²) in [6.07, 6.45) is 1.37. The Hall–Kier alpha value is -0.250. The van der Waals surface area contributed by atoms with E-state index in [2.05, 4.69) is 46.0 Å². The van der Waals surface area contributed by atoms with Crippen LogP contribution in [0.5, 0.6) is 0 Å². The highest BCUT2D eigenvalue weighted by Gasteiger charge is 2.17. The minimum Gasteiger partial charge on any atom is -0.377 e. The van der Waals surface area contributed by atoms with Gasteiger partial charge in [0.2, 0.25) is 0 Å². The van der Waals surface area contributed by atoms with Crippen molar-refractivity contribution in [1.29, 1.82) is 0 Å². The van der Waals surface area contributed by atoms with Gasteiger partial charge in [0.1, 0.15) is 0 Å². The maximum atomic E-state index is 5.83. The molecule has 0 N–H and O–H groups in total. The van der Waals surface area contributed by atoms with Gasteiger partial charge in [-0.25, -0.2) is 0 Å². The second-order valence-electron chi connectivity index (χ2n) is 4.40. The quantitative estimate of drug-likeness (QED) is 0.769. The maximum absolute atomic E-state index is 5.83. The van der Waals surface area contributed by atoms with Crippen LogP contribution in [-0.2, 0) is 10.6 Å². The lowest BCUT2D eigenvalue weighted by molar-refractivity contribution is 0.0821. The van der Waals surface area contributed by atoms with Crippen LogP contribution in [-0.4, -0.2) is 25.8 Å². The number of rotatable bonds is 2. The van der Waals surface area contributed by atoms with Gasteiger partial charge in [-0.05, 0) is 47.0 Å². The molecule has 0 aliphatic carbocycles. The van der Waals surface area contributed by atoms with Gasteiger partial charge in [0.25, 0.3) is 0 Å². The first-order valence-corrected chi connectivity index (χ1v) is 7.24. The summed E-state index contributed by atoms with van der Waals surface area (Å²) in [4.78, 5) is 2.37. The van der Waals surface area contributed by atoms with Crippen molar-refractivity contribution in [3.05, 3.63) is 28.2 Å². The van der Waals surface area contributed by atoms with Gasteiger partial charge in [-0.2, -0.15) is 0 Å². The minimum atomic E-state index is 0.289. The zero-order valence-electron chi connectivity index (χ0n) is 9.96. The molecule has 0 amide bonds. The van der Waals surface area contributed by atoms with E-state index in [-0.39, 0.29) is 6.10 Å². The predicted octanol–water partition coefficient (Wildman–Crippen LogP) is 3.80. The third kappa shape index (κ3) is 3.36. The first-order valence-electron chi connectivity index (χ1n) is 5.91. The number of nitrogens with zero attached hydrogens (tertiary/aromatic N) is 1. The van der Waals surface area contributed by atoms with E-state index < -0.39 is 0 Å². The Kier molecular flexibility index (Phi) is 4.71. The van der Waals surface area contributed by atoms with Crippen LogP contribution in [0.15, 0.2) is 22.7 Å². The zero-order valence-corrected chi connectivity index (χ0v) is 12.3. The molecular formula is C13H17BrClNO. The third-order valence-electron chi connectivity index (χ3n) is 2.96. The molecule has 1 aliphatic heterocycles. The highest BCUT2D eigenvalue weighted by Crippen LogP contribution is 2.29. The van der Waals surface area contributed by atoms with Crippen LogP contribution < -0.4 is 4.90 Å². The summed E-state index contributed by atoms with van der Waals surface area (Å²) in [6.45, 7) is 4.97. The number of alkyl halides is 1. The zero-order chi connectivity index (χ0) is 12.3. The molecule has 17 heavy (non-hydrogen) atoms. The third-order valence-corrected chi connectivity index (χ3v) is 3.90. The van der Waals surface area contributed by atoms with Crippen LogP contribution in [0.25, 0.3) is 0 Å². The first kappa shape index (κ1) is 13.2. The van der Waals surface area contributed by atoms with Crippen molar-refractivity contribution in [3.8, 4) is 0 Å². The highest BCUT2D eigenvalue weighted by atomic mass is 79.9. The fourth-order valence-electron chi connectivity index (χ4n) is 2.10. The molecule has 1 aromatic carbocycles. The van der Waals surface area contributed by atoms with Gasteiger partial charge >= 0.3 is 0 Å². The van der Waals surface area contributed by atoms with Gasteiger partial charge in [0, 0.05) is 30.0 Å². The average molecular weight is 319 g/mol. The van der Waals surface area contributed by atoms with Gasteiger partial charge in [0.15, 0.2) is 0 Å². The summed E-state index contributed by atoms with van der Waals surface area (Å²) in [6, 6.07) is 6.32. The number of halogens is 2. The van der Waals surface area contributed by atoms with E-state index in [1.807, 2.05) is 0 Å². The van der Waals surface area contributed by atoms with Gasteiger partial charge in [0.05, 0.1) is 11.8 Å². The van der Waals surface area contributed by atoms with E-state index in [1.165, 1.54) is 5.69 Å². The lowest BCUT2D eigenvalue weighted by Gasteiger charge is -2.25. The van der Waals surface area contributed by atoms with Gasteiger partial charge in [-0.1, -0.05) is 6.07 Å². The predicted molar refractivity (Wildman–Crippen MR) is 75.9 cm³/mol. The lowest BCUT2D eigenvalue weighted by atomic mass is 10.2. The molecule has 1 unspecified atom stereocenters. The molecule has 1 aromatic rings. The largest absolute Gasteiger partial charge is 0.377 e. The van der Waals surface area contributed by atoms with Crippen LogP contribution in [0.2, 0.25) is 0 Å². The lowest BCUT2D eigenvalue weighted by Crippen LogP contribution is -2.30. The molecule has 94 valence electrons. The molecule has 0 radical (unpaired) electrons. The Morgan fingerprint density at radius 2 is 2.35 bits per heavy atom. The molecule has 1 aliphatic rings. The fourth-order valence-corrected chi connectivity index (χ4v) is 2.95. The van der Waals surface area contributed by atoms with Crippen LogP contribution in [0.4, 0.5) is 5.69 Å². The molecule has 0 aromatic heterocycles. The second-order valence-corrected chi connectivity index (χ2v) is 5.52. The van der Waals surface area contributed by atoms with Crippen molar-refractivity contribution in [2.24, 2.45) is 0 Å². The topological polar surface area (TPSA) is 12.5 Å². The van der Waals surface area contributed by atoms with Crippen molar-refractivity contribution in [2.75, 3.05) is 24.6 Å². The SMILES string of the molecule is CC1CN(c2ccc(CCl)cc2Br)CCCO1. The fraction of sp³-hybridized carbons (Fsp3) is 0.538. The van der Waals surface area contributed by atoms with Gasteiger partial charge in [-0.3, -0.25) is 0 Å². The van der Waals surface area contributed by atoms with Crippen LogP contribution in [0.3, 0.4) is 0 Å². The molecule has 0 bridgehead atoms. The van der Waals surface area contributed by atoms with Gasteiger partial charge in [-0.15, -0.1) is 11.6 Å². The van der Waals surface area contributed by atoms with Crippen molar-refractivity contribution < 1.29 is 4.74 Å². The highest BCUT2D eigenvalue weighted by molar-refractivity contribution is 9.10. The molecule has 1 atom stereocenters. The van der Waals surface area contributed by atoms with Gasteiger partial charge < -0.3 is 9.64 Å². The number of ether oxygens (including phenoxy) is 1. The number of benzene rings is 1. The van der Waals surface area contributed by atoms with Crippen molar-refractivity contribution in [3.63, 3.8) is 0 Å². The van der Waals surface area contributed by atoms with E-state index in [0.29, 0.717) is 5.88 Å². The molecule has 2 nitrogen and oxygen atoms in total. The molecule has 4 heteroatoms. The Labute approximate surface area is 116 Å². The average Bonchev–Trinajstić information content (AvgIpc) is 2.53. The van der Waals surface area contributed by atoms with Crippen LogP contribution >= 0.6 is 27.5 Å². The molecule has 0 spiro atoms. The Morgan fingerprint density at radius 1 is 1.53 bits per heavy atom. The van der Waals surface area contributed by atoms with Crippen molar-refractivity contribution in [2.45, 2.75) is 25.3 Å². The summed E-state index contributed by atoms with van der Waals surface area (Å²) < 4.78 is 6.78. The summed E-state index contributed by atoms with van der Waals surface area (Å²) >= 11 is 9.46. The van der Waals surface area contributed by atoms with E-state index in [1.54, 1.807) is 0 Å².